The highest BCUT2D eigenvalue weighted by molar-refractivity contribution is 6.33. The molecule has 6 nitrogen and oxygen atoms in total. The van der Waals surface area contributed by atoms with Crippen LogP contribution in [0.1, 0.15) is 31.9 Å². The molecule has 0 N–H and O–H groups in total. The maximum Gasteiger partial charge on any atom is 0.410 e. The van der Waals surface area contributed by atoms with Gasteiger partial charge in [-0.15, -0.1) is 0 Å². The summed E-state index contributed by atoms with van der Waals surface area (Å²) in [6, 6.07) is 3.14. The molecule has 1 aliphatic rings. The lowest BCUT2D eigenvalue weighted by molar-refractivity contribution is 0.0224. The molecular weight excluding hydrogens is 430 g/mol. The number of carbonyl (C=O) groups is 1. The van der Waals surface area contributed by atoms with Crippen molar-refractivity contribution in [2.45, 2.75) is 39.3 Å². The molecule has 0 atom stereocenters. The van der Waals surface area contributed by atoms with Crippen LogP contribution in [-0.2, 0) is 17.7 Å². The van der Waals surface area contributed by atoms with E-state index in [0.717, 1.165) is 11.1 Å². The molecule has 0 unspecified atom stereocenters. The number of rotatable bonds is 1. The van der Waals surface area contributed by atoms with Crippen molar-refractivity contribution in [2.24, 2.45) is 0 Å². The number of halogens is 3. The van der Waals surface area contributed by atoms with Crippen molar-refractivity contribution >= 4 is 40.2 Å². The van der Waals surface area contributed by atoms with Gasteiger partial charge in [0.05, 0.1) is 23.5 Å². The van der Waals surface area contributed by atoms with Crippen LogP contribution in [0.5, 0.6) is 0 Å². The van der Waals surface area contributed by atoms with Gasteiger partial charge in [-0.1, -0.05) is 11.6 Å². The van der Waals surface area contributed by atoms with Gasteiger partial charge in [0.15, 0.2) is 0 Å². The number of nitrogens with zero attached hydrogens (tertiary/aromatic N) is 4. The van der Waals surface area contributed by atoms with Crippen LogP contribution in [0.2, 0.25) is 10.3 Å². The molecule has 156 valence electrons. The number of benzene rings is 1. The average Bonchev–Trinajstić information content (AvgIpc) is 2.67. The Morgan fingerprint density at radius 2 is 1.97 bits per heavy atom. The molecule has 30 heavy (non-hydrogen) atoms. The van der Waals surface area contributed by atoms with E-state index in [0.29, 0.717) is 36.2 Å². The third kappa shape index (κ3) is 4.04. The minimum atomic E-state index is -0.574. The van der Waals surface area contributed by atoms with Gasteiger partial charge >= 0.3 is 6.09 Å². The standard InChI is InChI=1S/C21H19Cl2FN4O2/c1-21(2,3)30-20(29)28-5-4-13-12(10-28)8-25-18-14(13)6-11(7-16(18)24)17-15(22)9-26-19(23)27-17/h6-9H,4-5,10H2,1-3H3. The minimum absolute atomic E-state index is 0.0242. The Balaban J connectivity index is 1.76. The van der Waals surface area contributed by atoms with E-state index in [9.17, 15) is 9.18 Å². The monoisotopic (exact) mass is 448 g/mol. The molecule has 0 aliphatic carbocycles. The third-order valence-electron chi connectivity index (χ3n) is 4.76. The Kier molecular flexibility index (Phi) is 5.28. The molecule has 0 saturated heterocycles. The van der Waals surface area contributed by atoms with Crippen LogP contribution >= 0.6 is 23.2 Å². The number of carbonyl (C=O) groups excluding carboxylic acids is 1. The third-order valence-corrected chi connectivity index (χ3v) is 5.22. The van der Waals surface area contributed by atoms with Crippen LogP contribution in [0.4, 0.5) is 9.18 Å². The molecule has 0 fully saturated rings. The van der Waals surface area contributed by atoms with Gasteiger partial charge in [0.25, 0.3) is 0 Å². The molecule has 3 heterocycles. The molecule has 0 radical (unpaired) electrons. The van der Waals surface area contributed by atoms with Crippen LogP contribution in [0, 0.1) is 5.82 Å². The number of amides is 1. The van der Waals surface area contributed by atoms with Crippen LogP contribution in [0.15, 0.2) is 24.5 Å². The summed E-state index contributed by atoms with van der Waals surface area (Å²) < 4.78 is 20.3. The number of fused-ring (bicyclic) bond motifs is 3. The fourth-order valence-electron chi connectivity index (χ4n) is 3.48. The molecule has 0 bridgehead atoms. The summed E-state index contributed by atoms with van der Waals surface area (Å²) >= 11 is 12.1. The average molecular weight is 449 g/mol. The van der Waals surface area contributed by atoms with Gasteiger partial charge < -0.3 is 9.64 Å². The summed E-state index contributed by atoms with van der Waals surface area (Å²) in [4.78, 5) is 26.3. The molecule has 9 heteroatoms. The highest BCUT2D eigenvalue weighted by Crippen LogP contribution is 2.34. The first-order valence-electron chi connectivity index (χ1n) is 9.39. The maximum atomic E-state index is 14.9. The fourth-order valence-corrected chi connectivity index (χ4v) is 3.82. The molecule has 1 aliphatic heterocycles. The Morgan fingerprint density at radius 3 is 2.70 bits per heavy atom. The lowest BCUT2D eigenvalue weighted by Gasteiger charge is -2.31. The van der Waals surface area contributed by atoms with Gasteiger partial charge in [-0.25, -0.2) is 19.2 Å². The molecule has 1 amide bonds. The lowest BCUT2D eigenvalue weighted by atomic mass is 9.95. The Labute approximate surface area is 183 Å². The summed E-state index contributed by atoms with van der Waals surface area (Å²) in [6.45, 7) is 6.29. The number of ether oxygens (including phenoxy) is 1. The summed E-state index contributed by atoms with van der Waals surface area (Å²) in [5, 5.41) is 0.959. The zero-order valence-corrected chi connectivity index (χ0v) is 18.2. The van der Waals surface area contributed by atoms with Gasteiger partial charge in [0, 0.05) is 23.7 Å². The van der Waals surface area contributed by atoms with E-state index in [-0.39, 0.29) is 21.9 Å². The highest BCUT2D eigenvalue weighted by Gasteiger charge is 2.27. The van der Waals surface area contributed by atoms with E-state index < -0.39 is 11.4 Å². The zero-order valence-electron chi connectivity index (χ0n) is 16.7. The molecule has 0 saturated carbocycles. The molecular formula is C21H19Cl2FN4O2. The van der Waals surface area contributed by atoms with Crippen molar-refractivity contribution < 1.29 is 13.9 Å². The molecule has 3 aromatic rings. The van der Waals surface area contributed by atoms with Gasteiger partial charge in [0.1, 0.15) is 16.9 Å². The molecule has 0 spiro atoms. The largest absolute Gasteiger partial charge is 0.444 e. The van der Waals surface area contributed by atoms with Gasteiger partial charge in [-0.2, -0.15) is 0 Å². The summed E-state index contributed by atoms with van der Waals surface area (Å²) in [5.74, 6) is -0.481. The predicted molar refractivity (Wildman–Crippen MR) is 113 cm³/mol. The quantitative estimate of drug-likeness (QED) is 0.464. The Morgan fingerprint density at radius 1 is 1.20 bits per heavy atom. The van der Waals surface area contributed by atoms with Crippen molar-refractivity contribution in [3.05, 3.63) is 51.8 Å². The lowest BCUT2D eigenvalue weighted by Crippen LogP contribution is -2.40. The second-order valence-electron chi connectivity index (χ2n) is 8.10. The normalized spacial score (nSPS) is 14.0. The Bertz CT molecular complexity index is 1160. The van der Waals surface area contributed by atoms with Crippen molar-refractivity contribution in [1.29, 1.82) is 0 Å². The van der Waals surface area contributed by atoms with Crippen molar-refractivity contribution in [3.63, 3.8) is 0 Å². The second kappa shape index (κ2) is 7.63. The van der Waals surface area contributed by atoms with E-state index in [1.807, 2.05) is 20.8 Å². The first kappa shape index (κ1) is 20.8. The van der Waals surface area contributed by atoms with E-state index in [1.54, 1.807) is 17.2 Å². The topological polar surface area (TPSA) is 68.2 Å². The first-order valence-corrected chi connectivity index (χ1v) is 10.1. The summed E-state index contributed by atoms with van der Waals surface area (Å²) in [7, 11) is 0. The SMILES string of the molecule is CC(C)(C)OC(=O)N1CCc2c(cnc3c(F)cc(-c4nc(Cl)ncc4Cl)cc23)C1. The van der Waals surface area contributed by atoms with Crippen molar-refractivity contribution in [3.8, 4) is 11.3 Å². The molecule has 4 rings (SSSR count). The number of aromatic nitrogens is 3. The van der Waals surface area contributed by atoms with Crippen molar-refractivity contribution in [1.82, 2.24) is 19.9 Å². The zero-order chi connectivity index (χ0) is 21.6. The fraction of sp³-hybridized carbons (Fsp3) is 0.333. The van der Waals surface area contributed by atoms with Crippen LogP contribution in [0.3, 0.4) is 0 Å². The van der Waals surface area contributed by atoms with Crippen LogP contribution in [-0.4, -0.2) is 38.1 Å². The molecule has 1 aromatic carbocycles. The summed E-state index contributed by atoms with van der Waals surface area (Å²) in [5.41, 5.74) is 2.31. The maximum absolute atomic E-state index is 14.9. The minimum Gasteiger partial charge on any atom is -0.444 e. The first-order chi connectivity index (χ1) is 14.1. The number of pyridine rings is 1. The van der Waals surface area contributed by atoms with Gasteiger partial charge in [-0.05, 0) is 62.1 Å². The van der Waals surface area contributed by atoms with Crippen LogP contribution < -0.4 is 0 Å². The van der Waals surface area contributed by atoms with Crippen LogP contribution in [0.25, 0.3) is 22.2 Å². The van der Waals surface area contributed by atoms with E-state index in [4.69, 9.17) is 27.9 Å². The number of hydrogen-bond donors (Lipinski definition) is 0. The van der Waals surface area contributed by atoms with E-state index in [1.165, 1.54) is 12.3 Å². The van der Waals surface area contributed by atoms with E-state index in [2.05, 4.69) is 15.0 Å². The van der Waals surface area contributed by atoms with Gasteiger partial charge in [0.2, 0.25) is 5.28 Å². The highest BCUT2D eigenvalue weighted by atomic mass is 35.5. The van der Waals surface area contributed by atoms with Gasteiger partial charge in [-0.3, -0.25) is 4.98 Å². The van der Waals surface area contributed by atoms with Crippen molar-refractivity contribution in [2.75, 3.05) is 6.54 Å². The summed E-state index contributed by atoms with van der Waals surface area (Å²) in [6.07, 6.45) is 3.17. The number of hydrogen-bond acceptors (Lipinski definition) is 5. The predicted octanol–water partition coefficient (Wildman–Crippen LogP) is 5.43. The second-order valence-corrected chi connectivity index (χ2v) is 8.85. The molecule has 2 aromatic heterocycles. The van der Waals surface area contributed by atoms with E-state index >= 15 is 0 Å². The Hall–Kier alpha value is -2.51. The smallest absolute Gasteiger partial charge is 0.410 e.